The number of thiazole rings is 1. The van der Waals surface area contributed by atoms with Crippen molar-refractivity contribution in [2.24, 2.45) is 4.99 Å². The second-order valence-corrected chi connectivity index (χ2v) is 5.53. The molecule has 2 rings (SSSR count). The van der Waals surface area contributed by atoms with E-state index in [1.807, 2.05) is 29.1 Å². The van der Waals surface area contributed by atoms with Crippen molar-refractivity contribution in [2.75, 3.05) is 27.2 Å². The molecule has 0 atom stereocenters. The van der Waals surface area contributed by atoms with Gasteiger partial charge in [0.25, 0.3) is 0 Å². The van der Waals surface area contributed by atoms with Crippen LogP contribution in [0.5, 0.6) is 0 Å². The van der Waals surface area contributed by atoms with E-state index in [0.717, 1.165) is 17.2 Å². The summed E-state index contributed by atoms with van der Waals surface area (Å²) in [6.07, 6.45) is 3.93. The summed E-state index contributed by atoms with van der Waals surface area (Å²) in [6.45, 7) is 3.41. The molecule has 0 bridgehead atoms. The maximum atomic E-state index is 11.6. The summed E-state index contributed by atoms with van der Waals surface area (Å²) in [5, 5.41) is 8.12. The van der Waals surface area contributed by atoms with Crippen LogP contribution in [0.4, 0.5) is 0 Å². The van der Waals surface area contributed by atoms with Gasteiger partial charge in [0.15, 0.2) is 10.9 Å². The number of halogens is 1. The van der Waals surface area contributed by atoms with Gasteiger partial charge in [0.05, 0.1) is 18.8 Å². The quantitative estimate of drug-likeness (QED) is 0.419. The molecule has 2 aromatic rings. The van der Waals surface area contributed by atoms with E-state index in [2.05, 4.69) is 20.6 Å². The lowest BCUT2D eigenvalue weighted by atomic mass is 10.5. The van der Waals surface area contributed by atoms with Crippen LogP contribution in [0.15, 0.2) is 22.8 Å². The number of hydrogen-bond acceptors (Lipinski definition) is 4. The Hall–Kier alpha value is -1.36. The van der Waals surface area contributed by atoms with Crippen LogP contribution in [0.1, 0.15) is 12.6 Å². The Bertz CT molecular complexity index is 607. The number of carbonyl (C=O) groups is 1. The number of likely N-dealkylation sites (N-methyl/N-ethyl adjacent to an activating group) is 1. The van der Waals surface area contributed by atoms with Gasteiger partial charge in [-0.15, -0.1) is 35.3 Å². The number of rotatable bonds is 5. The minimum Gasteiger partial charge on any atom is -0.357 e. The van der Waals surface area contributed by atoms with E-state index >= 15 is 0 Å². The van der Waals surface area contributed by atoms with Crippen molar-refractivity contribution in [2.45, 2.75) is 13.5 Å². The van der Waals surface area contributed by atoms with Gasteiger partial charge in [0.1, 0.15) is 0 Å². The van der Waals surface area contributed by atoms with Crippen molar-refractivity contribution in [1.29, 1.82) is 0 Å². The van der Waals surface area contributed by atoms with Crippen LogP contribution >= 0.6 is 35.3 Å². The van der Waals surface area contributed by atoms with Crippen molar-refractivity contribution in [1.82, 2.24) is 24.9 Å². The van der Waals surface area contributed by atoms with Crippen molar-refractivity contribution < 1.29 is 4.79 Å². The van der Waals surface area contributed by atoms with Gasteiger partial charge >= 0.3 is 0 Å². The molecule has 2 heterocycles. The molecule has 0 fully saturated rings. The molecule has 0 aliphatic heterocycles. The molecule has 0 spiro atoms. The SMILES string of the molecule is CCNC(=NCc1cn2ccsc2n1)NCC(=O)N(C)C.I. The van der Waals surface area contributed by atoms with Crippen LogP contribution < -0.4 is 10.6 Å². The lowest BCUT2D eigenvalue weighted by Gasteiger charge is -2.13. The highest BCUT2D eigenvalue weighted by atomic mass is 127. The smallest absolute Gasteiger partial charge is 0.241 e. The molecule has 9 heteroatoms. The van der Waals surface area contributed by atoms with E-state index in [1.165, 1.54) is 0 Å². The summed E-state index contributed by atoms with van der Waals surface area (Å²) in [5.74, 6) is 0.618. The normalized spacial score (nSPS) is 11.1. The zero-order valence-corrected chi connectivity index (χ0v) is 16.0. The van der Waals surface area contributed by atoms with Gasteiger partial charge in [-0.3, -0.25) is 9.20 Å². The molecule has 122 valence electrons. The third-order valence-corrected chi connectivity index (χ3v) is 3.56. The second kappa shape index (κ2) is 8.93. The number of nitrogens with one attached hydrogen (secondary N) is 2. The third kappa shape index (κ3) is 5.13. The fourth-order valence-corrected chi connectivity index (χ4v) is 2.39. The number of amides is 1. The highest BCUT2D eigenvalue weighted by molar-refractivity contribution is 14.0. The fourth-order valence-electron chi connectivity index (χ4n) is 1.67. The summed E-state index contributed by atoms with van der Waals surface area (Å²) in [5.41, 5.74) is 0.901. The van der Waals surface area contributed by atoms with E-state index in [4.69, 9.17) is 0 Å². The van der Waals surface area contributed by atoms with Crippen molar-refractivity contribution in [3.63, 3.8) is 0 Å². The van der Waals surface area contributed by atoms with Gasteiger partial charge in [-0.25, -0.2) is 9.98 Å². The maximum absolute atomic E-state index is 11.6. The first-order valence-electron chi connectivity index (χ1n) is 6.73. The van der Waals surface area contributed by atoms with Gasteiger partial charge in [-0.1, -0.05) is 0 Å². The van der Waals surface area contributed by atoms with Gasteiger partial charge in [-0.05, 0) is 6.92 Å². The number of hydrogen-bond donors (Lipinski definition) is 2. The summed E-state index contributed by atoms with van der Waals surface area (Å²) in [6, 6.07) is 0. The van der Waals surface area contributed by atoms with E-state index in [-0.39, 0.29) is 36.4 Å². The zero-order valence-electron chi connectivity index (χ0n) is 12.9. The second-order valence-electron chi connectivity index (χ2n) is 4.66. The standard InChI is InChI=1S/C13H20N6OS.HI/c1-4-14-12(16-8-11(20)18(2)3)15-7-10-9-19-5-6-21-13(19)17-10;/h5-6,9H,4,7-8H2,1-3H3,(H2,14,15,16);1H. The summed E-state index contributed by atoms with van der Waals surface area (Å²) in [7, 11) is 3.46. The Morgan fingerprint density at radius 2 is 2.23 bits per heavy atom. The minimum atomic E-state index is 0. The highest BCUT2D eigenvalue weighted by Gasteiger charge is 2.06. The van der Waals surface area contributed by atoms with Crippen molar-refractivity contribution in [3.8, 4) is 0 Å². The number of imidazole rings is 1. The van der Waals surface area contributed by atoms with Gasteiger partial charge in [0, 0.05) is 38.4 Å². The molecule has 0 saturated heterocycles. The first-order chi connectivity index (χ1) is 10.1. The van der Waals surface area contributed by atoms with Crippen molar-refractivity contribution in [3.05, 3.63) is 23.5 Å². The molecule has 0 saturated carbocycles. The number of aromatic nitrogens is 2. The van der Waals surface area contributed by atoms with Crippen LogP contribution in [-0.2, 0) is 11.3 Å². The number of carbonyl (C=O) groups excluding carboxylic acids is 1. The van der Waals surface area contributed by atoms with Crippen molar-refractivity contribution >= 4 is 52.1 Å². The summed E-state index contributed by atoms with van der Waals surface area (Å²) in [4.78, 5) is 23.0. The van der Waals surface area contributed by atoms with Gasteiger partial charge < -0.3 is 15.5 Å². The largest absolute Gasteiger partial charge is 0.357 e. The summed E-state index contributed by atoms with van der Waals surface area (Å²) < 4.78 is 1.98. The predicted molar refractivity (Wildman–Crippen MR) is 100.0 cm³/mol. The van der Waals surface area contributed by atoms with E-state index in [0.29, 0.717) is 12.5 Å². The maximum Gasteiger partial charge on any atom is 0.241 e. The number of aliphatic imine (C=N–C) groups is 1. The Labute approximate surface area is 150 Å². The van der Waals surface area contributed by atoms with E-state index < -0.39 is 0 Å². The lowest BCUT2D eigenvalue weighted by molar-refractivity contribution is -0.127. The number of nitrogens with zero attached hydrogens (tertiary/aromatic N) is 4. The molecule has 2 N–H and O–H groups in total. The molecule has 0 unspecified atom stereocenters. The molecule has 0 aliphatic carbocycles. The molecule has 0 aliphatic rings. The Morgan fingerprint density at radius 3 is 2.86 bits per heavy atom. The van der Waals surface area contributed by atoms with Gasteiger partial charge in [0.2, 0.25) is 5.91 Å². The van der Waals surface area contributed by atoms with Crippen LogP contribution in [0.2, 0.25) is 0 Å². The topological polar surface area (TPSA) is 74.0 Å². The van der Waals surface area contributed by atoms with Crippen LogP contribution in [-0.4, -0.2) is 53.3 Å². The third-order valence-electron chi connectivity index (χ3n) is 2.79. The minimum absolute atomic E-state index is 0. The lowest BCUT2D eigenvalue weighted by Crippen LogP contribution is -2.42. The van der Waals surface area contributed by atoms with Crippen LogP contribution in [0, 0.1) is 0 Å². The highest BCUT2D eigenvalue weighted by Crippen LogP contribution is 2.11. The Kier molecular flexibility index (Phi) is 7.59. The first-order valence-corrected chi connectivity index (χ1v) is 7.61. The predicted octanol–water partition coefficient (Wildman–Crippen LogP) is 1.16. The molecule has 0 radical (unpaired) electrons. The first kappa shape index (κ1) is 18.7. The molecule has 2 aromatic heterocycles. The Morgan fingerprint density at radius 1 is 1.45 bits per heavy atom. The molecule has 1 amide bonds. The van der Waals surface area contributed by atoms with Crippen LogP contribution in [0.3, 0.4) is 0 Å². The van der Waals surface area contributed by atoms with E-state index in [1.54, 1.807) is 30.3 Å². The fraction of sp³-hybridized carbons (Fsp3) is 0.462. The molecular formula is C13H21IN6OS. The Balaban J connectivity index is 0.00000242. The number of fused-ring (bicyclic) bond motifs is 1. The molecule has 22 heavy (non-hydrogen) atoms. The molecular weight excluding hydrogens is 415 g/mol. The molecule has 0 aromatic carbocycles. The zero-order chi connectivity index (χ0) is 15.2. The monoisotopic (exact) mass is 436 g/mol. The van der Waals surface area contributed by atoms with Gasteiger partial charge in [-0.2, -0.15) is 0 Å². The molecule has 7 nitrogen and oxygen atoms in total. The average Bonchev–Trinajstić information content (AvgIpc) is 3.02. The average molecular weight is 436 g/mol. The number of guanidine groups is 1. The van der Waals surface area contributed by atoms with Crippen LogP contribution in [0.25, 0.3) is 4.96 Å². The van der Waals surface area contributed by atoms with E-state index in [9.17, 15) is 4.79 Å². The summed E-state index contributed by atoms with van der Waals surface area (Å²) >= 11 is 1.59.